The molecular weight excluding hydrogens is 290 g/mol. The third-order valence-electron chi connectivity index (χ3n) is 4.09. The van der Waals surface area contributed by atoms with Gasteiger partial charge in [-0.05, 0) is 37.4 Å². The molecule has 3 N–H and O–H groups in total. The first-order chi connectivity index (χ1) is 9.78. The predicted molar refractivity (Wildman–Crippen MR) is 83.3 cm³/mol. The summed E-state index contributed by atoms with van der Waals surface area (Å²) in [5.41, 5.74) is 7.15. The molecule has 1 aliphatic rings. The molecule has 0 aliphatic heterocycles. The van der Waals surface area contributed by atoms with E-state index in [9.17, 15) is 4.79 Å². The molecule has 1 amide bonds. The van der Waals surface area contributed by atoms with Crippen molar-refractivity contribution in [1.29, 1.82) is 0 Å². The second-order valence-electron chi connectivity index (χ2n) is 5.40. The van der Waals surface area contributed by atoms with Crippen LogP contribution in [0, 0.1) is 5.92 Å². The third kappa shape index (κ3) is 3.36. The molecule has 2 atom stereocenters. The summed E-state index contributed by atoms with van der Waals surface area (Å²) < 4.78 is 5.21. The van der Waals surface area contributed by atoms with Crippen LogP contribution in [0.3, 0.4) is 0 Å². The SMILES string of the molecule is Cl.NCC1CCCC1NC(=O)Cc1noc2ccccc12. The average Bonchev–Trinajstić information content (AvgIpc) is 3.06. The van der Waals surface area contributed by atoms with Crippen LogP contribution in [0.15, 0.2) is 28.8 Å². The lowest BCUT2D eigenvalue weighted by Gasteiger charge is -2.19. The largest absolute Gasteiger partial charge is 0.356 e. The Morgan fingerprint density at radius 3 is 3.00 bits per heavy atom. The standard InChI is InChI=1S/C15H19N3O2.ClH/c16-9-10-4-3-6-12(10)17-15(19)8-13-11-5-1-2-7-14(11)20-18-13;/h1-2,5,7,10,12H,3-4,6,8-9,16H2,(H,17,19);1H. The Balaban J connectivity index is 0.00000161. The van der Waals surface area contributed by atoms with Crippen LogP contribution in [0.25, 0.3) is 11.0 Å². The summed E-state index contributed by atoms with van der Waals surface area (Å²) in [6, 6.07) is 7.80. The van der Waals surface area contributed by atoms with Crippen molar-refractivity contribution in [1.82, 2.24) is 10.5 Å². The zero-order chi connectivity index (χ0) is 13.9. The number of hydrogen-bond donors (Lipinski definition) is 2. The van der Waals surface area contributed by atoms with E-state index >= 15 is 0 Å². The number of para-hydroxylation sites is 1. The Morgan fingerprint density at radius 2 is 2.19 bits per heavy atom. The van der Waals surface area contributed by atoms with Crippen molar-refractivity contribution in [3.63, 3.8) is 0 Å². The zero-order valence-electron chi connectivity index (χ0n) is 11.7. The van der Waals surface area contributed by atoms with Crippen LogP contribution in [0.5, 0.6) is 0 Å². The van der Waals surface area contributed by atoms with E-state index in [-0.39, 0.29) is 30.8 Å². The van der Waals surface area contributed by atoms with Crippen molar-refractivity contribution < 1.29 is 9.32 Å². The number of halogens is 1. The number of aromatic nitrogens is 1. The highest BCUT2D eigenvalue weighted by Gasteiger charge is 2.27. The van der Waals surface area contributed by atoms with Crippen LogP contribution in [-0.4, -0.2) is 23.7 Å². The number of nitrogens with zero attached hydrogens (tertiary/aromatic N) is 1. The van der Waals surface area contributed by atoms with Crippen molar-refractivity contribution in [2.24, 2.45) is 11.7 Å². The smallest absolute Gasteiger partial charge is 0.226 e. The third-order valence-corrected chi connectivity index (χ3v) is 4.09. The second-order valence-corrected chi connectivity index (χ2v) is 5.40. The van der Waals surface area contributed by atoms with E-state index < -0.39 is 0 Å². The van der Waals surface area contributed by atoms with E-state index in [0.29, 0.717) is 18.2 Å². The molecule has 0 saturated heterocycles. The number of nitrogens with one attached hydrogen (secondary N) is 1. The number of amides is 1. The molecule has 0 spiro atoms. The monoisotopic (exact) mass is 309 g/mol. The van der Waals surface area contributed by atoms with Crippen LogP contribution in [0.2, 0.25) is 0 Å². The quantitative estimate of drug-likeness (QED) is 0.905. The first-order valence-electron chi connectivity index (χ1n) is 7.10. The highest BCUT2D eigenvalue weighted by molar-refractivity contribution is 5.86. The molecule has 1 aromatic carbocycles. The Bertz CT molecular complexity index is 614. The van der Waals surface area contributed by atoms with Crippen LogP contribution >= 0.6 is 12.4 Å². The number of rotatable bonds is 4. The van der Waals surface area contributed by atoms with Gasteiger partial charge in [-0.1, -0.05) is 23.7 Å². The molecule has 21 heavy (non-hydrogen) atoms. The molecule has 1 saturated carbocycles. The molecule has 2 unspecified atom stereocenters. The minimum atomic E-state index is -0.00518. The lowest BCUT2D eigenvalue weighted by Crippen LogP contribution is -2.40. The fraction of sp³-hybridized carbons (Fsp3) is 0.467. The molecule has 2 aromatic rings. The van der Waals surface area contributed by atoms with E-state index in [1.54, 1.807) is 0 Å². The Hall–Kier alpha value is -1.59. The van der Waals surface area contributed by atoms with Crippen LogP contribution in [0.4, 0.5) is 0 Å². The molecule has 1 aliphatic carbocycles. The van der Waals surface area contributed by atoms with Crippen molar-refractivity contribution in [2.75, 3.05) is 6.54 Å². The van der Waals surface area contributed by atoms with Crippen LogP contribution < -0.4 is 11.1 Å². The van der Waals surface area contributed by atoms with Crippen molar-refractivity contribution in [2.45, 2.75) is 31.7 Å². The maximum atomic E-state index is 12.1. The number of carbonyl (C=O) groups is 1. The zero-order valence-corrected chi connectivity index (χ0v) is 12.6. The molecule has 3 rings (SSSR count). The summed E-state index contributed by atoms with van der Waals surface area (Å²) in [5.74, 6) is 0.405. The Kier molecular flexibility index (Phi) is 5.20. The van der Waals surface area contributed by atoms with Gasteiger partial charge >= 0.3 is 0 Å². The highest BCUT2D eigenvalue weighted by atomic mass is 35.5. The topological polar surface area (TPSA) is 81.1 Å². The maximum Gasteiger partial charge on any atom is 0.226 e. The van der Waals surface area contributed by atoms with E-state index in [1.807, 2.05) is 24.3 Å². The summed E-state index contributed by atoms with van der Waals surface area (Å²) in [6.07, 6.45) is 3.52. The number of benzene rings is 1. The number of hydrogen-bond acceptors (Lipinski definition) is 4. The van der Waals surface area contributed by atoms with E-state index in [0.717, 1.165) is 30.2 Å². The van der Waals surface area contributed by atoms with Crippen LogP contribution in [-0.2, 0) is 11.2 Å². The predicted octanol–water partition coefficient (Wildman–Crippen LogP) is 2.04. The fourth-order valence-electron chi connectivity index (χ4n) is 2.98. The lowest BCUT2D eigenvalue weighted by atomic mass is 10.0. The summed E-state index contributed by atoms with van der Waals surface area (Å²) >= 11 is 0. The maximum absolute atomic E-state index is 12.1. The van der Waals surface area contributed by atoms with E-state index in [1.165, 1.54) is 0 Å². The Morgan fingerprint density at radius 1 is 1.38 bits per heavy atom. The van der Waals surface area contributed by atoms with Crippen molar-refractivity contribution >= 4 is 29.3 Å². The molecule has 114 valence electrons. The number of fused-ring (bicyclic) bond motifs is 1. The molecular formula is C15H20ClN3O2. The van der Waals surface area contributed by atoms with Gasteiger partial charge in [-0.25, -0.2) is 0 Å². The average molecular weight is 310 g/mol. The first kappa shape index (κ1) is 15.8. The van der Waals surface area contributed by atoms with Gasteiger partial charge in [-0.3, -0.25) is 4.79 Å². The van der Waals surface area contributed by atoms with Gasteiger partial charge in [0.1, 0.15) is 5.69 Å². The van der Waals surface area contributed by atoms with E-state index in [2.05, 4.69) is 10.5 Å². The Labute approximate surface area is 129 Å². The molecule has 0 radical (unpaired) electrons. The normalized spacial score (nSPS) is 21.2. The second kappa shape index (κ2) is 6.91. The highest BCUT2D eigenvalue weighted by Crippen LogP contribution is 2.25. The van der Waals surface area contributed by atoms with Crippen molar-refractivity contribution in [3.05, 3.63) is 30.0 Å². The van der Waals surface area contributed by atoms with Gasteiger partial charge in [0, 0.05) is 11.4 Å². The molecule has 1 heterocycles. The fourth-order valence-corrected chi connectivity index (χ4v) is 2.98. The summed E-state index contributed by atoms with van der Waals surface area (Å²) in [5, 5.41) is 7.98. The number of carbonyl (C=O) groups excluding carboxylic acids is 1. The van der Waals surface area contributed by atoms with Gasteiger partial charge in [-0.15, -0.1) is 12.4 Å². The van der Waals surface area contributed by atoms with E-state index in [4.69, 9.17) is 10.3 Å². The van der Waals surface area contributed by atoms with Gasteiger partial charge in [0.15, 0.2) is 5.58 Å². The minimum Gasteiger partial charge on any atom is -0.356 e. The first-order valence-corrected chi connectivity index (χ1v) is 7.10. The van der Waals surface area contributed by atoms with Gasteiger partial charge < -0.3 is 15.6 Å². The number of nitrogens with two attached hydrogens (primary N) is 1. The van der Waals surface area contributed by atoms with Crippen LogP contribution in [0.1, 0.15) is 25.0 Å². The van der Waals surface area contributed by atoms with Gasteiger partial charge in [0.05, 0.1) is 6.42 Å². The summed E-state index contributed by atoms with van der Waals surface area (Å²) in [6.45, 7) is 0.637. The van der Waals surface area contributed by atoms with Crippen molar-refractivity contribution in [3.8, 4) is 0 Å². The van der Waals surface area contributed by atoms with Gasteiger partial charge in [0.2, 0.25) is 5.91 Å². The van der Waals surface area contributed by atoms with Gasteiger partial charge in [-0.2, -0.15) is 0 Å². The molecule has 1 fully saturated rings. The molecule has 5 nitrogen and oxygen atoms in total. The molecule has 6 heteroatoms. The lowest BCUT2D eigenvalue weighted by molar-refractivity contribution is -0.121. The molecule has 1 aromatic heterocycles. The minimum absolute atomic E-state index is 0. The summed E-state index contributed by atoms with van der Waals surface area (Å²) in [4.78, 5) is 12.1. The van der Waals surface area contributed by atoms with Gasteiger partial charge in [0.25, 0.3) is 0 Å². The summed E-state index contributed by atoms with van der Waals surface area (Å²) in [7, 11) is 0. The molecule has 0 bridgehead atoms.